The van der Waals surface area contributed by atoms with Crippen LogP contribution in [-0.2, 0) is 9.53 Å². The van der Waals surface area contributed by atoms with Gasteiger partial charge in [-0.3, -0.25) is 4.79 Å². The fourth-order valence-corrected chi connectivity index (χ4v) is 3.21. The van der Waals surface area contributed by atoms with Crippen LogP contribution in [0.15, 0.2) is 24.3 Å². The van der Waals surface area contributed by atoms with E-state index in [1.165, 1.54) is 5.56 Å². The molecule has 1 aromatic carbocycles. The minimum absolute atomic E-state index is 0.167. The molecule has 0 spiro atoms. The van der Waals surface area contributed by atoms with Crippen molar-refractivity contribution >= 4 is 17.5 Å². The Morgan fingerprint density at radius 3 is 2.90 bits per heavy atom. The molecule has 1 N–H and O–H groups in total. The van der Waals surface area contributed by atoms with Crippen LogP contribution >= 0.6 is 11.6 Å². The summed E-state index contributed by atoms with van der Waals surface area (Å²) in [7, 11) is 0. The Hall–Kier alpha value is -1.10. The van der Waals surface area contributed by atoms with Gasteiger partial charge in [0, 0.05) is 43.0 Å². The third kappa shape index (κ3) is 3.76. The highest BCUT2D eigenvalue weighted by Gasteiger charge is 2.29. The van der Waals surface area contributed by atoms with Crippen LogP contribution < -0.4 is 5.32 Å². The van der Waals surface area contributed by atoms with Gasteiger partial charge in [0.2, 0.25) is 5.91 Å². The summed E-state index contributed by atoms with van der Waals surface area (Å²) in [5, 5.41) is 4.09. The first kappa shape index (κ1) is 14.8. The maximum absolute atomic E-state index is 12.4. The van der Waals surface area contributed by atoms with Gasteiger partial charge < -0.3 is 15.0 Å². The first-order chi connectivity index (χ1) is 10.2. The zero-order valence-electron chi connectivity index (χ0n) is 12.1. The SMILES string of the molecule is O=C(CC1COCCN1)N1CCC(c2ccc(Cl)cc2)C1. The van der Waals surface area contributed by atoms with Crippen LogP contribution in [0.2, 0.25) is 5.02 Å². The van der Waals surface area contributed by atoms with Crippen molar-refractivity contribution in [2.45, 2.75) is 24.8 Å². The van der Waals surface area contributed by atoms with Crippen LogP contribution in [0.25, 0.3) is 0 Å². The summed E-state index contributed by atoms with van der Waals surface area (Å²) < 4.78 is 5.40. The van der Waals surface area contributed by atoms with E-state index in [0.717, 1.165) is 37.7 Å². The van der Waals surface area contributed by atoms with Gasteiger partial charge in [0.05, 0.1) is 13.2 Å². The molecule has 0 aromatic heterocycles. The van der Waals surface area contributed by atoms with Gasteiger partial charge in [0.25, 0.3) is 0 Å². The Bertz CT molecular complexity index is 486. The summed E-state index contributed by atoms with van der Waals surface area (Å²) >= 11 is 5.92. The third-order valence-electron chi connectivity index (χ3n) is 4.30. The molecule has 3 rings (SSSR count). The van der Waals surface area contributed by atoms with Crippen LogP contribution in [0.4, 0.5) is 0 Å². The smallest absolute Gasteiger partial charge is 0.224 e. The van der Waals surface area contributed by atoms with E-state index in [1.54, 1.807) is 0 Å². The van der Waals surface area contributed by atoms with Gasteiger partial charge >= 0.3 is 0 Å². The molecular formula is C16H21ClN2O2. The molecule has 0 aliphatic carbocycles. The summed E-state index contributed by atoms with van der Waals surface area (Å²) in [6, 6.07) is 8.14. The number of rotatable bonds is 3. The Kier molecular flexibility index (Phi) is 4.78. The second-order valence-corrected chi connectivity index (χ2v) is 6.24. The van der Waals surface area contributed by atoms with Crippen LogP contribution in [0.3, 0.4) is 0 Å². The Labute approximate surface area is 130 Å². The molecule has 2 fully saturated rings. The lowest BCUT2D eigenvalue weighted by Gasteiger charge is -2.25. The van der Waals surface area contributed by atoms with Gasteiger partial charge in [-0.25, -0.2) is 0 Å². The molecular weight excluding hydrogens is 288 g/mol. The Morgan fingerprint density at radius 2 is 2.19 bits per heavy atom. The second-order valence-electron chi connectivity index (χ2n) is 5.81. The minimum atomic E-state index is 0.167. The van der Waals surface area contributed by atoms with Crippen LogP contribution in [0, 0.1) is 0 Å². The number of ether oxygens (including phenoxy) is 1. The van der Waals surface area contributed by atoms with Gasteiger partial charge in [-0.2, -0.15) is 0 Å². The van der Waals surface area contributed by atoms with Crippen LogP contribution in [0.5, 0.6) is 0 Å². The van der Waals surface area contributed by atoms with Crippen molar-refractivity contribution in [3.05, 3.63) is 34.9 Å². The van der Waals surface area contributed by atoms with Gasteiger partial charge in [0.1, 0.15) is 0 Å². The predicted molar refractivity (Wildman–Crippen MR) is 82.6 cm³/mol. The van der Waals surface area contributed by atoms with Crippen molar-refractivity contribution < 1.29 is 9.53 Å². The van der Waals surface area contributed by atoms with E-state index < -0.39 is 0 Å². The number of carbonyl (C=O) groups excluding carboxylic acids is 1. The first-order valence-corrected chi connectivity index (χ1v) is 7.94. The number of morpholine rings is 1. The molecule has 0 radical (unpaired) electrons. The summed E-state index contributed by atoms with van der Waals surface area (Å²) in [6.07, 6.45) is 1.56. The molecule has 1 aromatic rings. The van der Waals surface area contributed by atoms with Gasteiger partial charge in [-0.1, -0.05) is 23.7 Å². The maximum atomic E-state index is 12.4. The van der Waals surface area contributed by atoms with E-state index in [2.05, 4.69) is 17.4 Å². The summed E-state index contributed by atoms with van der Waals surface area (Å²) in [5.74, 6) is 0.663. The molecule has 4 nitrogen and oxygen atoms in total. The molecule has 114 valence electrons. The monoisotopic (exact) mass is 308 g/mol. The van der Waals surface area contributed by atoms with Crippen molar-refractivity contribution in [3.63, 3.8) is 0 Å². The summed E-state index contributed by atoms with van der Waals surface area (Å²) in [6.45, 7) is 3.88. The normalized spacial score (nSPS) is 26.0. The highest BCUT2D eigenvalue weighted by atomic mass is 35.5. The largest absolute Gasteiger partial charge is 0.378 e. The van der Waals surface area contributed by atoms with Crippen molar-refractivity contribution in [2.75, 3.05) is 32.8 Å². The molecule has 21 heavy (non-hydrogen) atoms. The summed E-state index contributed by atoms with van der Waals surface area (Å²) in [4.78, 5) is 14.3. The molecule has 2 aliphatic heterocycles. The highest BCUT2D eigenvalue weighted by molar-refractivity contribution is 6.30. The van der Waals surface area contributed by atoms with E-state index in [-0.39, 0.29) is 11.9 Å². The fraction of sp³-hybridized carbons (Fsp3) is 0.562. The number of carbonyl (C=O) groups is 1. The van der Waals surface area contributed by atoms with E-state index in [9.17, 15) is 4.79 Å². The van der Waals surface area contributed by atoms with E-state index >= 15 is 0 Å². The molecule has 0 bridgehead atoms. The molecule has 2 unspecified atom stereocenters. The predicted octanol–water partition coefficient (Wildman–Crippen LogP) is 2.03. The standard InChI is InChI=1S/C16H21ClN2O2/c17-14-3-1-12(2-4-14)13-5-7-19(10-13)16(20)9-15-11-21-8-6-18-15/h1-4,13,15,18H,5-11H2. The lowest BCUT2D eigenvalue weighted by molar-refractivity contribution is -0.131. The second kappa shape index (κ2) is 6.77. The first-order valence-electron chi connectivity index (χ1n) is 7.57. The molecule has 2 heterocycles. The Balaban J connectivity index is 1.53. The van der Waals surface area contributed by atoms with Crippen LogP contribution in [-0.4, -0.2) is 49.7 Å². The zero-order valence-corrected chi connectivity index (χ0v) is 12.8. The number of halogens is 1. The maximum Gasteiger partial charge on any atom is 0.224 e. The molecule has 2 atom stereocenters. The number of amides is 1. The minimum Gasteiger partial charge on any atom is -0.378 e. The lowest BCUT2D eigenvalue weighted by atomic mass is 9.99. The number of nitrogens with zero attached hydrogens (tertiary/aromatic N) is 1. The molecule has 1 amide bonds. The van der Waals surface area contributed by atoms with Crippen molar-refractivity contribution in [1.82, 2.24) is 10.2 Å². The number of hydrogen-bond donors (Lipinski definition) is 1. The number of likely N-dealkylation sites (tertiary alicyclic amines) is 1. The average Bonchev–Trinajstić information content (AvgIpc) is 2.99. The molecule has 0 saturated carbocycles. The van der Waals surface area contributed by atoms with Crippen molar-refractivity contribution in [1.29, 1.82) is 0 Å². The average molecular weight is 309 g/mol. The van der Waals surface area contributed by atoms with Crippen molar-refractivity contribution in [3.8, 4) is 0 Å². The van der Waals surface area contributed by atoms with Gasteiger partial charge in [-0.15, -0.1) is 0 Å². The fourth-order valence-electron chi connectivity index (χ4n) is 3.08. The van der Waals surface area contributed by atoms with E-state index in [0.29, 0.717) is 18.9 Å². The Morgan fingerprint density at radius 1 is 1.38 bits per heavy atom. The van der Waals surface area contributed by atoms with Gasteiger partial charge in [0.15, 0.2) is 0 Å². The van der Waals surface area contributed by atoms with E-state index in [1.807, 2.05) is 17.0 Å². The quantitative estimate of drug-likeness (QED) is 0.929. The summed E-state index contributed by atoms with van der Waals surface area (Å²) in [5.41, 5.74) is 1.27. The van der Waals surface area contributed by atoms with Crippen molar-refractivity contribution in [2.24, 2.45) is 0 Å². The molecule has 2 saturated heterocycles. The molecule has 5 heteroatoms. The number of nitrogens with one attached hydrogen (secondary N) is 1. The van der Waals surface area contributed by atoms with E-state index in [4.69, 9.17) is 16.3 Å². The zero-order chi connectivity index (χ0) is 14.7. The number of benzene rings is 1. The van der Waals surface area contributed by atoms with Crippen LogP contribution in [0.1, 0.15) is 24.3 Å². The topological polar surface area (TPSA) is 41.6 Å². The lowest BCUT2D eigenvalue weighted by Crippen LogP contribution is -2.44. The third-order valence-corrected chi connectivity index (χ3v) is 4.55. The highest BCUT2D eigenvalue weighted by Crippen LogP contribution is 2.28. The van der Waals surface area contributed by atoms with Gasteiger partial charge in [-0.05, 0) is 24.1 Å². The molecule has 2 aliphatic rings. The number of hydrogen-bond acceptors (Lipinski definition) is 3.